The molecule has 0 heterocycles. The van der Waals surface area contributed by atoms with Crippen LogP contribution >= 0.6 is 23.2 Å². The van der Waals surface area contributed by atoms with E-state index in [0.717, 1.165) is 22.9 Å². The van der Waals surface area contributed by atoms with Gasteiger partial charge in [0.1, 0.15) is 5.75 Å². The minimum absolute atomic E-state index is 0.256. The average molecular weight is 316 g/mol. The molecule has 1 unspecified atom stereocenters. The quantitative estimate of drug-likeness (QED) is 0.775. The van der Waals surface area contributed by atoms with Crippen molar-refractivity contribution in [2.75, 3.05) is 14.2 Å². The molecule has 0 spiro atoms. The summed E-state index contributed by atoms with van der Waals surface area (Å²) < 4.78 is 5.20. The molecule has 1 saturated carbocycles. The summed E-state index contributed by atoms with van der Waals surface area (Å²) in [5, 5.41) is 4.70. The van der Waals surface area contributed by atoms with Crippen molar-refractivity contribution in [2.45, 2.75) is 44.6 Å². The molecule has 0 bridgehead atoms. The highest BCUT2D eigenvalue weighted by Crippen LogP contribution is 2.37. The zero-order valence-electron chi connectivity index (χ0n) is 12.2. The number of rotatable bonds is 6. The van der Waals surface area contributed by atoms with Gasteiger partial charge in [-0.2, -0.15) is 0 Å². The van der Waals surface area contributed by atoms with Crippen LogP contribution in [0.4, 0.5) is 0 Å². The molecule has 1 aromatic rings. The molecule has 2 nitrogen and oxygen atoms in total. The van der Waals surface area contributed by atoms with Crippen molar-refractivity contribution in [3.05, 3.63) is 27.7 Å². The number of nitrogens with one attached hydrogen (secondary N) is 1. The smallest absolute Gasteiger partial charge is 0.138 e. The van der Waals surface area contributed by atoms with Gasteiger partial charge in [-0.3, -0.25) is 0 Å². The van der Waals surface area contributed by atoms with Crippen LogP contribution in [0.25, 0.3) is 0 Å². The van der Waals surface area contributed by atoms with E-state index in [4.69, 9.17) is 27.9 Å². The van der Waals surface area contributed by atoms with Crippen LogP contribution in [0, 0.1) is 5.92 Å². The number of methoxy groups -OCH3 is 1. The van der Waals surface area contributed by atoms with Gasteiger partial charge in [-0.05, 0) is 37.4 Å². The summed E-state index contributed by atoms with van der Waals surface area (Å²) in [5.74, 6) is 1.52. The summed E-state index contributed by atoms with van der Waals surface area (Å²) in [6, 6.07) is 3.99. The maximum absolute atomic E-state index is 6.37. The van der Waals surface area contributed by atoms with Crippen LogP contribution < -0.4 is 10.1 Å². The second kappa shape index (κ2) is 7.53. The zero-order chi connectivity index (χ0) is 14.5. The highest BCUT2D eigenvalue weighted by molar-refractivity contribution is 6.34. The first-order valence-electron chi connectivity index (χ1n) is 7.36. The van der Waals surface area contributed by atoms with Crippen LogP contribution in [-0.2, 0) is 0 Å². The van der Waals surface area contributed by atoms with Crippen molar-refractivity contribution in [2.24, 2.45) is 5.92 Å². The fourth-order valence-corrected chi connectivity index (χ4v) is 3.66. The SMILES string of the molecule is CNC(CCC1CCCC1)c1cc(Cl)c(OC)cc1Cl. The first kappa shape index (κ1) is 15.9. The van der Waals surface area contributed by atoms with E-state index in [2.05, 4.69) is 5.32 Å². The van der Waals surface area contributed by atoms with Crippen molar-refractivity contribution in [3.8, 4) is 5.75 Å². The Kier molecular flexibility index (Phi) is 6.01. The molecule has 4 heteroatoms. The molecular weight excluding hydrogens is 293 g/mol. The molecule has 0 aromatic heterocycles. The number of benzene rings is 1. The van der Waals surface area contributed by atoms with E-state index >= 15 is 0 Å². The van der Waals surface area contributed by atoms with E-state index in [1.54, 1.807) is 13.2 Å². The van der Waals surface area contributed by atoms with Gasteiger partial charge in [0.2, 0.25) is 0 Å². The van der Waals surface area contributed by atoms with Gasteiger partial charge >= 0.3 is 0 Å². The third kappa shape index (κ3) is 3.81. The Balaban J connectivity index is 2.07. The van der Waals surface area contributed by atoms with Crippen LogP contribution in [0.1, 0.15) is 50.1 Å². The molecule has 0 aliphatic heterocycles. The normalized spacial score (nSPS) is 17.4. The van der Waals surface area contributed by atoms with Gasteiger partial charge in [0, 0.05) is 17.1 Å². The summed E-state index contributed by atoms with van der Waals surface area (Å²) in [6.45, 7) is 0. The lowest BCUT2D eigenvalue weighted by Gasteiger charge is -2.21. The van der Waals surface area contributed by atoms with Crippen molar-refractivity contribution < 1.29 is 4.74 Å². The molecule has 0 radical (unpaired) electrons. The van der Waals surface area contributed by atoms with Crippen molar-refractivity contribution in [3.63, 3.8) is 0 Å². The Morgan fingerprint density at radius 3 is 2.55 bits per heavy atom. The summed E-state index contributed by atoms with van der Waals surface area (Å²) >= 11 is 12.6. The standard InChI is InChI=1S/C16H23Cl2NO/c1-19-15(8-7-11-5-3-4-6-11)12-9-14(18)16(20-2)10-13(12)17/h9-11,15,19H,3-8H2,1-2H3. The lowest BCUT2D eigenvalue weighted by atomic mass is 9.95. The third-order valence-electron chi connectivity index (χ3n) is 4.33. The van der Waals surface area contributed by atoms with Crippen LogP contribution in [0.15, 0.2) is 12.1 Å². The zero-order valence-corrected chi connectivity index (χ0v) is 13.7. The molecule has 1 N–H and O–H groups in total. The highest BCUT2D eigenvalue weighted by atomic mass is 35.5. The minimum Gasteiger partial charge on any atom is -0.495 e. The van der Waals surface area contributed by atoms with Gasteiger partial charge in [-0.15, -0.1) is 0 Å². The van der Waals surface area contributed by atoms with E-state index in [1.807, 2.05) is 13.1 Å². The number of ether oxygens (including phenoxy) is 1. The van der Waals surface area contributed by atoms with E-state index < -0.39 is 0 Å². The molecule has 1 aliphatic rings. The molecule has 0 amide bonds. The van der Waals surface area contributed by atoms with E-state index in [-0.39, 0.29) is 6.04 Å². The molecule has 2 rings (SSSR count). The Morgan fingerprint density at radius 2 is 1.95 bits per heavy atom. The molecule has 1 aromatic carbocycles. The number of hydrogen-bond acceptors (Lipinski definition) is 2. The molecule has 112 valence electrons. The van der Waals surface area contributed by atoms with Crippen LogP contribution in [0.2, 0.25) is 10.0 Å². The second-order valence-electron chi connectivity index (χ2n) is 5.58. The van der Waals surface area contributed by atoms with Gasteiger partial charge in [-0.25, -0.2) is 0 Å². The average Bonchev–Trinajstić information content (AvgIpc) is 2.96. The maximum atomic E-state index is 6.37. The van der Waals surface area contributed by atoms with Gasteiger partial charge in [0.05, 0.1) is 12.1 Å². The summed E-state index contributed by atoms with van der Waals surface area (Å²) in [6.07, 6.45) is 7.91. The first-order chi connectivity index (χ1) is 9.65. The number of halogens is 2. The fourth-order valence-electron chi connectivity index (χ4n) is 3.12. The summed E-state index contributed by atoms with van der Waals surface area (Å²) in [7, 11) is 3.58. The van der Waals surface area contributed by atoms with E-state index in [1.165, 1.54) is 32.1 Å². The number of hydrogen-bond donors (Lipinski definition) is 1. The summed E-state index contributed by atoms with van der Waals surface area (Å²) in [5.41, 5.74) is 1.07. The van der Waals surface area contributed by atoms with Crippen molar-refractivity contribution >= 4 is 23.2 Å². The van der Waals surface area contributed by atoms with Gasteiger partial charge in [0.25, 0.3) is 0 Å². The predicted octanol–water partition coefficient (Wildman–Crippen LogP) is 5.23. The summed E-state index contributed by atoms with van der Waals surface area (Å²) in [4.78, 5) is 0. The lowest BCUT2D eigenvalue weighted by molar-refractivity contribution is 0.412. The Labute approximate surface area is 131 Å². The molecule has 20 heavy (non-hydrogen) atoms. The van der Waals surface area contributed by atoms with Gasteiger partial charge in [-0.1, -0.05) is 48.9 Å². The van der Waals surface area contributed by atoms with Crippen molar-refractivity contribution in [1.82, 2.24) is 5.32 Å². The van der Waals surface area contributed by atoms with Crippen LogP contribution in [-0.4, -0.2) is 14.2 Å². The van der Waals surface area contributed by atoms with Gasteiger partial charge in [0.15, 0.2) is 0 Å². The molecule has 1 atom stereocenters. The fraction of sp³-hybridized carbons (Fsp3) is 0.625. The van der Waals surface area contributed by atoms with Crippen molar-refractivity contribution in [1.29, 1.82) is 0 Å². The highest BCUT2D eigenvalue weighted by Gasteiger charge is 2.20. The van der Waals surface area contributed by atoms with E-state index in [0.29, 0.717) is 10.8 Å². The van der Waals surface area contributed by atoms with Crippen LogP contribution in [0.5, 0.6) is 5.75 Å². The second-order valence-corrected chi connectivity index (χ2v) is 6.39. The first-order valence-corrected chi connectivity index (χ1v) is 8.11. The largest absolute Gasteiger partial charge is 0.495 e. The Morgan fingerprint density at radius 1 is 1.25 bits per heavy atom. The van der Waals surface area contributed by atoms with Gasteiger partial charge < -0.3 is 10.1 Å². The van der Waals surface area contributed by atoms with E-state index in [9.17, 15) is 0 Å². The Hall–Kier alpha value is -0.440. The van der Waals surface area contributed by atoms with Crippen LogP contribution in [0.3, 0.4) is 0 Å². The predicted molar refractivity (Wildman–Crippen MR) is 86.0 cm³/mol. The monoisotopic (exact) mass is 315 g/mol. The Bertz CT molecular complexity index is 444. The molecule has 1 fully saturated rings. The maximum Gasteiger partial charge on any atom is 0.138 e. The molecular formula is C16H23Cl2NO. The third-order valence-corrected chi connectivity index (χ3v) is 4.96. The molecule has 0 saturated heterocycles. The minimum atomic E-state index is 0.256. The molecule has 1 aliphatic carbocycles. The topological polar surface area (TPSA) is 21.3 Å². The lowest BCUT2D eigenvalue weighted by Crippen LogP contribution is -2.17.